The van der Waals surface area contributed by atoms with Crippen LogP contribution in [0.1, 0.15) is 51.7 Å². The molecule has 0 heterocycles. The number of anilines is 1. The predicted octanol–water partition coefficient (Wildman–Crippen LogP) is 4.65. The van der Waals surface area contributed by atoms with Crippen LogP contribution < -0.4 is 5.73 Å². The van der Waals surface area contributed by atoms with E-state index in [0.29, 0.717) is 12.0 Å². The Balaban J connectivity index is 0.000000323. The summed E-state index contributed by atoms with van der Waals surface area (Å²) in [5, 5.41) is 28.6. The van der Waals surface area contributed by atoms with Crippen LogP contribution in [0.25, 0.3) is 0 Å². The van der Waals surface area contributed by atoms with Crippen LogP contribution in [0.4, 0.5) is 20.2 Å². The number of carboxylic acid groups (broad SMARTS) is 2. The van der Waals surface area contributed by atoms with Gasteiger partial charge in [0, 0.05) is 6.07 Å². The number of carboxylic acids is 2. The van der Waals surface area contributed by atoms with Crippen molar-refractivity contribution in [2.24, 2.45) is 0 Å². The van der Waals surface area contributed by atoms with Crippen molar-refractivity contribution in [3.05, 3.63) is 69.3 Å². The molecule has 2 rings (SSSR count). The maximum atomic E-state index is 13.4. The van der Waals surface area contributed by atoms with Crippen LogP contribution in [0, 0.1) is 21.7 Å². The Kier molecular flexibility index (Phi) is 8.41. The quantitative estimate of drug-likeness (QED) is 0.315. The Bertz CT molecular complexity index is 1030. The Morgan fingerprint density at radius 1 is 0.938 bits per heavy atom. The van der Waals surface area contributed by atoms with Gasteiger partial charge in [0.2, 0.25) is 5.82 Å². The van der Waals surface area contributed by atoms with E-state index in [1.54, 1.807) is 26.8 Å². The first-order chi connectivity index (χ1) is 14.7. The number of hydrogen-bond acceptors (Lipinski definition) is 5. The van der Waals surface area contributed by atoms with Gasteiger partial charge in [-0.15, -0.1) is 0 Å². The molecule has 0 amide bonds. The van der Waals surface area contributed by atoms with E-state index in [9.17, 15) is 28.5 Å². The first kappa shape index (κ1) is 26.5. The second kappa shape index (κ2) is 10.2. The van der Waals surface area contributed by atoms with E-state index in [1.165, 1.54) is 25.1 Å². The molecule has 0 aliphatic heterocycles. The van der Waals surface area contributed by atoms with Gasteiger partial charge < -0.3 is 15.9 Å². The van der Waals surface area contributed by atoms with Crippen LogP contribution in [-0.4, -0.2) is 27.1 Å². The fraction of sp³-hybridized carbons (Fsp3) is 0.364. The molecule has 2 atom stereocenters. The molecule has 2 aromatic rings. The van der Waals surface area contributed by atoms with E-state index in [-0.39, 0.29) is 17.7 Å². The number of halogens is 2. The number of nitrogens with two attached hydrogens (primary N) is 1. The van der Waals surface area contributed by atoms with Crippen molar-refractivity contribution in [3.63, 3.8) is 0 Å². The molecule has 0 spiro atoms. The first-order valence-electron chi connectivity index (χ1n) is 9.71. The maximum Gasteiger partial charge on any atom is 0.313 e. The second-order valence-electron chi connectivity index (χ2n) is 7.64. The van der Waals surface area contributed by atoms with Gasteiger partial charge in [0.1, 0.15) is 5.82 Å². The summed E-state index contributed by atoms with van der Waals surface area (Å²) in [6, 6.07) is 7.31. The Morgan fingerprint density at radius 3 is 1.66 bits per heavy atom. The Morgan fingerprint density at radius 2 is 1.34 bits per heavy atom. The van der Waals surface area contributed by atoms with E-state index < -0.39 is 45.0 Å². The molecule has 0 saturated carbocycles. The Hall–Kier alpha value is -3.56. The highest BCUT2D eigenvalue weighted by atomic mass is 19.1. The van der Waals surface area contributed by atoms with Crippen LogP contribution in [0.2, 0.25) is 0 Å². The third-order valence-electron chi connectivity index (χ3n) is 5.78. The molecule has 2 unspecified atom stereocenters. The van der Waals surface area contributed by atoms with Crippen molar-refractivity contribution >= 4 is 23.3 Å². The van der Waals surface area contributed by atoms with Gasteiger partial charge in [-0.3, -0.25) is 19.7 Å². The molecule has 174 valence electrons. The second-order valence-corrected chi connectivity index (χ2v) is 7.64. The summed E-state index contributed by atoms with van der Waals surface area (Å²) in [7, 11) is 0. The van der Waals surface area contributed by atoms with Crippen molar-refractivity contribution in [3.8, 4) is 0 Å². The number of nitro benzene ring substituents is 1. The van der Waals surface area contributed by atoms with Crippen LogP contribution in [0.3, 0.4) is 0 Å². The number of benzene rings is 2. The Labute approximate surface area is 183 Å². The van der Waals surface area contributed by atoms with Crippen molar-refractivity contribution in [1.82, 2.24) is 0 Å². The van der Waals surface area contributed by atoms with E-state index in [4.69, 9.17) is 15.9 Å². The molecule has 0 aliphatic carbocycles. The van der Waals surface area contributed by atoms with Gasteiger partial charge in [-0.2, -0.15) is 4.39 Å². The van der Waals surface area contributed by atoms with Gasteiger partial charge in [-0.1, -0.05) is 26.0 Å². The highest BCUT2D eigenvalue weighted by Crippen LogP contribution is 2.31. The predicted molar refractivity (Wildman–Crippen MR) is 114 cm³/mol. The summed E-state index contributed by atoms with van der Waals surface area (Å²) in [5.41, 5.74) is 3.05. The van der Waals surface area contributed by atoms with Crippen molar-refractivity contribution in [1.29, 1.82) is 0 Å². The summed E-state index contributed by atoms with van der Waals surface area (Å²) in [5.74, 6) is -3.65. The van der Waals surface area contributed by atoms with Gasteiger partial charge in [-0.25, -0.2) is 4.39 Å². The first-order valence-corrected chi connectivity index (χ1v) is 9.71. The molecule has 0 radical (unpaired) electrons. The minimum Gasteiger partial charge on any atom is -0.481 e. The minimum atomic E-state index is -1.24. The summed E-state index contributed by atoms with van der Waals surface area (Å²) < 4.78 is 26.6. The van der Waals surface area contributed by atoms with Crippen LogP contribution >= 0.6 is 0 Å². The van der Waals surface area contributed by atoms with Crippen molar-refractivity contribution in [2.75, 3.05) is 5.73 Å². The van der Waals surface area contributed by atoms with Gasteiger partial charge in [-0.05, 0) is 56.0 Å². The number of nitrogen functional groups attached to an aromatic ring is 1. The zero-order chi connectivity index (χ0) is 24.9. The van der Waals surface area contributed by atoms with E-state index in [1.807, 2.05) is 0 Å². The number of nitro groups is 1. The molecule has 0 bridgehead atoms. The standard InChI is InChI=1S/C11H12FNO4.C11H14FNO2/c1-3-11(2,10(14)15)7-4-5-9(13(16)17)8(12)6-7;1-3-11(2,10(14)15)7-4-5-9(13)8(12)6-7/h4-6H,3H2,1-2H3,(H,14,15);4-6H,3,13H2,1-2H3,(H,14,15). The molecule has 0 aliphatic rings. The van der Waals surface area contributed by atoms with E-state index >= 15 is 0 Å². The van der Waals surface area contributed by atoms with Crippen LogP contribution in [0.5, 0.6) is 0 Å². The maximum absolute atomic E-state index is 13.4. The minimum absolute atomic E-state index is 0.0302. The van der Waals surface area contributed by atoms with Crippen molar-refractivity contribution < 1.29 is 33.5 Å². The number of carbonyl (C=O) groups is 2. The smallest absolute Gasteiger partial charge is 0.313 e. The zero-order valence-corrected chi connectivity index (χ0v) is 18.2. The summed E-state index contributed by atoms with van der Waals surface area (Å²) >= 11 is 0. The third kappa shape index (κ3) is 5.37. The number of hydrogen-bond donors (Lipinski definition) is 3. The van der Waals surface area contributed by atoms with Crippen LogP contribution in [0.15, 0.2) is 36.4 Å². The molecule has 0 aromatic heterocycles. The van der Waals surface area contributed by atoms with Gasteiger partial charge in [0.25, 0.3) is 0 Å². The van der Waals surface area contributed by atoms with Gasteiger partial charge in [0.15, 0.2) is 0 Å². The lowest BCUT2D eigenvalue weighted by atomic mass is 9.80. The molecule has 0 fully saturated rings. The number of nitrogens with zero attached hydrogens (tertiary/aromatic N) is 1. The third-order valence-corrected chi connectivity index (χ3v) is 5.78. The summed E-state index contributed by atoms with van der Waals surface area (Å²) in [6.07, 6.45) is 0.658. The largest absolute Gasteiger partial charge is 0.481 e. The van der Waals surface area contributed by atoms with E-state index in [2.05, 4.69) is 0 Å². The van der Waals surface area contributed by atoms with Gasteiger partial charge >= 0.3 is 17.6 Å². The zero-order valence-electron chi connectivity index (χ0n) is 18.2. The fourth-order valence-corrected chi connectivity index (χ4v) is 2.83. The molecular formula is C22H26F2N2O6. The SMILES string of the molecule is CCC(C)(C(=O)O)c1ccc(N)c(F)c1.CCC(C)(C(=O)O)c1ccc([N+](=O)[O-])c(F)c1. The molecule has 0 saturated heterocycles. The molecule has 2 aromatic carbocycles. The average molecular weight is 452 g/mol. The van der Waals surface area contributed by atoms with E-state index in [0.717, 1.165) is 12.1 Å². The summed E-state index contributed by atoms with van der Waals surface area (Å²) in [4.78, 5) is 31.8. The number of rotatable bonds is 7. The lowest BCUT2D eigenvalue weighted by Gasteiger charge is -2.23. The fourth-order valence-electron chi connectivity index (χ4n) is 2.83. The monoisotopic (exact) mass is 452 g/mol. The van der Waals surface area contributed by atoms with Crippen molar-refractivity contribution in [2.45, 2.75) is 51.4 Å². The lowest BCUT2D eigenvalue weighted by Crippen LogP contribution is -2.31. The van der Waals surface area contributed by atoms with Crippen LogP contribution in [-0.2, 0) is 20.4 Å². The average Bonchev–Trinajstić information content (AvgIpc) is 2.74. The highest BCUT2D eigenvalue weighted by molar-refractivity contribution is 5.81. The molecule has 10 heteroatoms. The lowest BCUT2D eigenvalue weighted by molar-refractivity contribution is -0.387. The molecule has 32 heavy (non-hydrogen) atoms. The summed E-state index contributed by atoms with van der Waals surface area (Å²) in [6.45, 7) is 6.44. The molecular weight excluding hydrogens is 426 g/mol. The normalized spacial score (nSPS) is 14.3. The molecule has 4 N–H and O–H groups in total. The molecule has 8 nitrogen and oxygen atoms in total. The van der Waals surface area contributed by atoms with Gasteiger partial charge in [0.05, 0.1) is 21.4 Å². The number of aliphatic carboxylic acids is 2. The highest BCUT2D eigenvalue weighted by Gasteiger charge is 2.35. The topological polar surface area (TPSA) is 144 Å².